The SMILES string of the molecule is CCCn1c(=O)n(CCC)c(=O)n(-c2ccccc2)c1=O. The molecule has 1 aromatic carbocycles. The van der Waals surface area contributed by atoms with Crippen LogP contribution < -0.4 is 17.1 Å². The fraction of sp³-hybridized carbons (Fsp3) is 0.400. The molecule has 0 amide bonds. The van der Waals surface area contributed by atoms with Crippen LogP contribution in [0.5, 0.6) is 0 Å². The molecule has 0 saturated carbocycles. The van der Waals surface area contributed by atoms with Gasteiger partial charge in [-0.05, 0) is 25.0 Å². The monoisotopic (exact) mass is 289 g/mol. The molecule has 6 heteroatoms. The Bertz CT molecular complexity index is 740. The Balaban J connectivity index is 2.85. The first kappa shape index (κ1) is 15.0. The molecule has 21 heavy (non-hydrogen) atoms. The van der Waals surface area contributed by atoms with Gasteiger partial charge in [0, 0.05) is 13.1 Å². The highest BCUT2D eigenvalue weighted by Gasteiger charge is 2.15. The maximum atomic E-state index is 12.5. The lowest BCUT2D eigenvalue weighted by Crippen LogP contribution is -2.53. The lowest BCUT2D eigenvalue weighted by atomic mass is 10.3. The van der Waals surface area contributed by atoms with Gasteiger partial charge in [0.2, 0.25) is 0 Å². The third-order valence-electron chi connectivity index (χ3n) is 3.22. The lowest BCUT2D eigenvalue weighted by molar-refractivity contribution is 0.481. The zero-order chi connectivity index (χ0) is 15.4. The average molecular weight is 289 g/mol. The van der Waals surface area contributed by atoms with E-state index in [1.54, 1.807) is 30.3 Å². The van der Waals surface area contributed by atoms with E-state index < -0.39 is 17.1 Å². The molecule has 1 heterocycles. The van der Waals surface area contributed by atoms with Crippen LogP contribution >= 0.6 is 0 Å². The Morgan fingerprint density at radius 3 is 1.67 bits per heavy atom. The van der Waals surface area contributed by atoms with Crippen molar-refractivity contribution >= 4 is 0 Å². The van der Waals surface area contributed by atoms with E-state index in [0.717, 1.165) is 13.7 Å². The van der Waals surface area contributed by atoms with E-state index >= 15 is 0 Å². The molecule has 0 radical (unpaired) electrons. The Kier molecular flexibility index (Phi) is 4.57. The van der Waals surface area contributed by atoms with E-state index in [0.29, 0.717) is 31.6 Å². The Labute approximate surface area is 121 Å². The van der Waals surface area contributed by atoms with Gasteiger partial charge in [-0.25, -0.2) is 28.1 Å². The minimum atomic E-state index is -0.578. The smallest absolute Gasteiger partial charge is 0.247 e. The molecule has 0 aliphatic heterocycles. The molecule has 0 N–H and O–H groups in total. The molecule has 2 aromatic rings. The predicted octanol–water partition coefficient (Wildman–Crippen LogP) is 0.981. The summed E-state index contributed by atoms with van der Waals surface area (Å²) in [5.74, 6) is 0. The maximum absolute atomic E-state index is 12.5. The van der Waals surface area contributed by atoms with Crippen molar-refractivity contribution in [2.24, 2.45) is 0 Å². The number of para-hydroxylation sites is 1. The van der Waals surface area contributed by atoms with Crippen LogP contribution in [0.2, 0.25) is 0 Å². The topological polar surface area (TPSA) is 66.0 Å². The van der Waals surface area contributed by atoms with Crippen LogP contribution in [0.25, 0.3) is 5.69 Å². The number of nitrogens with zero attached hydrogens (tertiary/aromatic N) is 3. The van der Waals surface area contributed by atoms with Crippen molar-refractivity contribution in [3.8, 4) is 5.69 Å². The second-order valence-electron chi connectivity index (χ2n) is 4.82. The van der Waals surface area contributed by atoms with Crippen LogP contribution in [0.1, 0.15) is 26.7 Å². The highest BCUT2D eigenvalue weighted by molar-refractivity contribution is 5.30. The zero-order valence-corrected chi connectivity index (χ0v) is 12.3. The summed E-state index contributed by atoms with van der Waals surface area (Å²) in [6, 6.07) is 8.67. The molecule has 0 unspecified atom stereocenters. The second-order valence-corrected chi connectivity index (χ2v) is 4.82. The van der Waals surface area contributed by atoms with Crippen LogP contribution in [0.15, 0.2) is 44.7 Å². The first-order valence-corrected chi connectivity index (χ1v) is 7.13. The van der Waals surface area contributed by atoms with Crippen LogP contribution in [0.4, 0.5) is 0 Å². The standard InChI is InChI=1S/C15H19N3O3/c1-3-10-16-13(19)17(11-4-2)15(21)18(14(16)20)12-8-6-5-7-9-12/h5-9H,3-4,10-11H2,1-2H3. The average Bonchev–Trinajstić information content (AvgIpc) is 2.49. The van der Waals surface area contributed by atoms with Crippen molar-refractivity contribution in [2.45, 2.75) is 39.8 Å². The number of benzene rings is 1. The van der Waals surface area contributed by atoms with Crippen molar-refractivity contribution in [1.82, 2.24) is 13.7 Å². The summed E-state index contributed by atoms with van der Waals surface area (Å²) >= 11 is 0. The third-order valence-corrected chi connectivity index (χ3v) is 3.22. The lowest BCUT2D eigenvalue weighted by Gasteiger charge is -2.13. The van der Waals surface area contributed by atoms with Crippen molar-refractivity contribution in [1.29, 1.82) is 0 Å². The third kappa shape index (κ3) is 2.74. The van der Waals surface area contributed by atoms with Crippen LogP contribution in [0.3, 0.4) is 0 Å². The van der Waals surface area contributed by atoms with Crippen LogP contribution in [0, 0.1) is 0 Å². The van der Waals surface area contributed by atoms with Gasteiger partial charge in [0.05, 0.1) is 5.69 Å². The van der Waals surface area contributed by atoms with Crippen molar-refractivity contribution < 1.29 is 0 Å². The highest BCUT2D eigenvalue weighted by atomic mass is 16.2. The Morgan fingerprint density at radius 1 is 0.762 bits per heavy atom. The van der Waals surface area contributed by atoms with E-state index in [-0.39, 0.29) is 0 Å². The molecule has 0 fully saturated rings. The minimum absolute atomic E-state index is 0.300. The van der Waals surface area contributed by atoms with Crippen LogP contribution in [-0.4, -0.2) is 13.7 Å². The fourth-order valence-corrected chi connectivity index (χ4v) is 2.26. The van der Waals surface area contributed by atoms with E-state index in [1.807, 2.05) is 13.8 Å². The molecule has 0 aliphatic carbocycles. The number of aromatic nitrogens is 3. The number of rotatable bonds is 5. The fourth-order valence-electron chi connectivity index (χ4n) is 2.26. The minimum Gasteiger partial charge on any atom is -0.247 e. The molecule has 0 bridgehead atoms. The van der Waals surface area contributed by atoms with Crippen molar-refractivity contribution in [3.05, 3.63) is 61.8 Å². The molecular formula is C15H19N3O3. The van der Waals surface area contributed by atoms with Crippen molar-refractivity contribution in [3.63, 3.8) is 0 Å². The zero-order valence-electron chi connectivity index (χ0n) is 12.3. The van der Waals surface area contributed by atoms with Crippen LogP contribution in [-0.2, 0) is 13.1 Å². The molecule has 6 nitrogen and oxygen atoms in total. The first-order chi connectivity index (χ1) is 10.1. The Hall–Kier alpha value is -2.37. The number of hydrogen-bond acceptors (Lipinski definition) is 3. The maximum Gasteiger partial charge on any atom is 0.340 e. The highest BCUT2D eigenvalue weighted by Crippen LogP contribution is 2.00. The van der Waals surface area contributed by atoms with Gasteiger partial charge in [-0.15, -0.1) is 0 Å². The summed E-state index contributed by atoms with van der Waals surface area (Å²) in [4.78, 5) is 37.2. The van der Waals surface area contributed by atoms with Gasteiger partial charge in [-0.1, -0.05) is 32.0 Å². The van der Waals surface area contributed by atoms with Gasteiger partial charge < -0.3 is 0 Å². The second kappa shape index (κ2) is 6.39. The summed E-state index contributed by atoms with van der Waals surface area (Å²) in [5.41, 5.74) is -1.21. The summed E-state index contributed by atoms with van der Waals surface area (Å²) in [6.07, 6.45) is 1.29. The quantitative estimate of drug-likeness (QED) is 0.824. The van der Waals surface area contributed by atoms with Gasteiger partial charge in [-0.2, -0.15) is 0 Å². The molecule has 0 saturated heterocycles. The molecule has 1 aromatic heterocycles. The van der Waals surface area contributed by atoms with Gasteiger partial charge in [-0.3, -0.25) is 0 Å². The van der Waals surface area contributed by atoms with Crippen molar-refractivity contribution in [2.75, 3.05) is 0 Å². The predicted molar refractivity (Wildman–Crippen MR) is 81.1 cm³/mol. The molecular weight excluding hydrogens is 270 g/mol. The van der Waals surface area contributed by atoms with Gasteiger partial charge in [0.1, 0.15) is 0 Å². The Morgan fingerprint density at radius 2 is 1.24 bits per heavy atom. The molecule has 112 valence electrons. The molecule has 0 spiro atoms. The molecule has 0 atom stereocenters. The van der Waals surface area contributed by atoms with Gasteiger partial charge in [0.15, 0.2) is 0 Å². The van der Waals surface area contributed by atoms with Gasteiger partial charge in [0.25, 0.3) is 0 Å². The van der Waals surface area contributed by atoms with E-state index in [2.05, 4.69) is 0 Å². The molecule has 2 rings (SSSR count). The normalized spacial score (nSPS) is 10.8. The summed E-state index contributed by atoms with van der Waals surface area (Å²) in [6.45, 7) is 4.37. The van der Waals surface area contributed by atoms with Gasteiger partial charge >= 0.3 is 17.1 Å². The molecule has 0 aliphatic rings. The summed E-state index contributed by atoms with van der Waals surface area (Å²) in [7, 11) is 0. The van der Waals surface area contributed by atoms with E-state index in [9.17, 15) is 14.4 Å². The summed E-state index contributed by atoms with van der Waals surface area (Å²) in [5, 5.41) is 0. The van der Waals surface area contributed by atoms with E-state index in [4.69, 9.17) is 0 Å². The first-order valence-electron chi connectivity index (χ1n) is 7.13. The van der Waals surface area contributed by atoms with E-state index in [1.165, 1.54) is 0 Å². The number of hydrogen-bond donors (Lipinski definition) is 0. The summed E-state index contributed by atoms with van der Waals surface area (Å²) < 4.78 is 3.32. The largest absolute Gasteiger partial charge is 0.340 e.